The molecule has 8 heteroatoms. The van der Waals surface area contributed by atoms with Gasteiger partial charge in [0.05, 0.1) is 13.2 Å². The Morgan fingerprint density at radius 2 is 1.93 bits per heavy atom. The van der Waals surface area contributed by atoms with Gasteiger partial charge in [-0.25, -0.2) is 4.79 Å². The lowest BCUT2D eigenvalue weighted by Gasteiger charge is -2.23. The Bertz CT molecular complexity index is 723. The third kappa shape index (κ3) is 4.39. The lowest BCUT2D eigenvalue weighted by molar-refractivity contribution is -0.122. The summed E-state index contributed by atoms with van der Waals surface area (Å²) in [5.41, 5.74) is 7.14. The largest absolute Gasteiger partial charge is 0.453 e. The summed E-state index contributed by atoms with van der Waals surface area (Å²) >= 11 is 0. The molecule has 2 saturated heterocycles. The second-order valence-corrected chi connectivity index (χ2v) is 7.04. The Morgan fingerprint density at radius 3 is 2.67 bits per heavy atom. The van der Waals surface area contributed by atoms with Gasteiger partial charge in [0.1, 0.15) is 6.04 Å². The number of primary amides is 1. The van der Waals surface area contributed by atoms with Gasteiger partial charge in [-0.15, -0.1) is 0 Å². The summed E-state index contributed by atoms with van der Waals surface area (Å²) in [6, 6.07) is 6.80. The van der Waals surface area contributed by atoms with E-state index in [4.69, 9.17) is 10.5 Å². The van der Waals surface area contributed by atoms with Crippen LogP contribution in [0.25, 0.3) is 0 Å². The van der Waals surface area contributed by atoms with Crippen LogP contribution in [0, 0.1) is 0 Å². The number of amides is 3. The van der Waals surface area contributed by atoms with Gasteiger partial charge in [-0.1, -0.05) is 12.1 Å². The van der Waals surface area contributed by atoms with Crippen LogP contribution in [0.5, 0.6) is 0 Å². The molecule has 1 aromatic rings. The van der Waals surface area contributed by atoms with Gasteiger partial charge in [-0.05, 0) is 49.9 Å². The van der Waals surface area contributed by atoms with Crippen molar-refractivity contribution in [3.63, 3.8) is 0 Å². The quantitative estimate of drug-likeness (QED) is 0.808. The van der Waals surface area contributed by atoms with Crippen molar-refractivity contribution in [2.75, 3.05) is 25.5 Å². The molecule has 0 aliphatic carbocycles. The van der Waals surface area contributed by atoms with Gasteiger partial charge >= 0.3 is 6.09 Å². The highest BCUT2D eigenvalue weighted by atomic mass is 16.5. The second kappa shape index (κ2) is 8.39. The van der Waals surface area contributed by atoms with Gasteiger partial charge in [0.15, 0.2) is 0 Å². The fourth-order valence-corrected chi connectivity index (χ4v) is 3.92. The van der Waals surface area contributed by atoms with E-state index in [0.29, 0.717) is 25.2 Å². The summed E-state index contributed by atoms with van der Waals surface area (Å²) in [6.45, 7) is 1.96. The van der Waals surface area contributed by atoms with Crippen LogP contribution in [-0.4, -0.2) is 60.0 Å². The smallest absolute Gasteiger partial charge is 0.410 e. The standard InChI is InChI=1S/C19H26N4O4/c1-27-19(26)23-10-4-8-16(23)18(25)21-14-6-2-5-13(11-14)12-22-9-3-7-15(22)17(20)24/h2,5-6,11,15-16H,3-4,7-10,12H2,1H3,(H2,20,24)(H,21,25). The summed E-state index contributed by atoms with van der Waals surface area (Å²) in [5.74, 6) is -0.507. The van der Waals surface area contributed by atoms with Gasteiger partial charge in [-0.3, -0.25) is 19.4 Å². The van der Waals surface area contributed by atoms with E-state index >= 15 is 0 Å². The number of nitrogens with two attached hydrogens (primary N) is 1. The molecule has 2 fully saturated rings. The van der Waals surface area contributed by atoms with Crippen LogP contribution in [-0.2, 0) is 20.9 Å². The van der Waals surface area contributed by atoms with Crippen molar-refractivity contribution < 1.29 is 19.1 Å². The molecule has 146 valence electrons. The van der Waals surface area contributed by atoms with Crippen molar-refractivity contribution in [3.8, 4) is 0 Å². The monoisotopic (exact) mass is 374 g/mol. The Balaban J connectivity index is 1.64. The predicted molar refractivity (Wildman–Crippen MR) is 99.8 cm³/mol. The SMILES string of the molecule is COC(=O)N1CCCC1C(=O)Nc1cccc(CN2CCCC2C(N)=O)c1. The Hall–Kier alpha value is -2.61. The maximum Gasteiger partial charge on any atom is 0.410 e. The lowest BCUT2D eigenvalue weighted by Crippen LogP contribution is -2.43. The molecule has 2 aliphatic rings. The van der Waals surface area contributed by atoms with E-state index in [0.717, 1.165) is 31.4 Å². The molecule has 27 heavy (non-hydrogen) atoms. The fraction of sp³-hybridized carbons (Fsp3) is 0.526. The van der Waals surface area contributed by atoms with Crippen LogP contribution in [0.3, 0.4) is 0 Å². The van der Waals surface area contributed by atoms with E-state index in [9.17, 15) is 14.4 Å². The molecular formula is C19H26N4O4. The van der Waals surface area contributed by atoms with Crippen molar-refractivity contribution in [3.05, 3.63) is 29.8 Å². The summed E-state index contributed by atoms with van der Waals surface area (Å²) in [4.78, 5) is 39.5. The van der Waals surface area contributed by atoms with Crippen LogP contribution in [0.15, 0.2) is 24.3 Å². The van der Waals surface area contributed by atoms with Crippen LogP contribution < -0.4 is 11.1 Å². The molecule has 1 aromatic carbocycles. The van der Waals surface area contributed by atoms with E-state index in [1.165, 1.54) is 12.0 Å². The first kappa shape index (κ1) is 19.2. The zero-order valence-corrected chi connectivity index (χ0v) is 15.5. The van der Waals surface area contributed by atoms with Gasteiger partial charge in [0.25, 0.3) is 0 Å². The van der Waals surface area contributed by atoms with Gasteiger partial charge in [0, 0.05) is 18.8 Å². The van der Waals surface area contributed by atoms with Crippen LogP contribution >= 0.6 is 0 Å². The molecule has 3 N–H and O–H groups in total. The predicted octanol–water partition coefficient (Wildman–Crippen LogP) is 1.31. The van der Waals surface area contributed by atoms with E-state index in [2.05, 4.69) is 10.2 Å². The van der Waals surface area contributed by atoms with Crippen molar-refractivity contribution >= 4 is 23.6 Å². The molecule has 0 spiro atoms. The highest BCUT2D eigenvalue weighted by molar-refractivity contribution is 5.96. The average Bonchev–Trinajstić information content (AvgIpc) is 3.30. The van der Waals surface area contributed by atoms with E-state index < -0.39 is 12.1 Å². The number of nitrogens with one attached hydrogen (secondary N) is 1. The zero-order valence-electron chi connectivity index (χ0n) is 15.5. The van der Waals surface area contributed by atoms with E-state index in [1.807, 2.05) is 24.3 Å². The maximum absolute atomic E-state index is 12.6. The summed E-state index contributed by atoms with van der Waals surface area (Å²) in [6.07, 6.45) is 2.66. The van der Waals surface area contributed by atoms with Crippen molar-refractivity contribution in [2.45, 2.75) is 44.3 Å². The minimum atomic E-state index is -0.515. The van der Waals surface area contributed by atoms with Gasteiger partial charge in [0.2, 0.25) is 11.8 Å². The number of methoxy groups -OCH3 is 1. The summed E-state index contributed by atoms with van der Waals surface area (Å²) < 4.78 is 4.75. The minimum Gasteiger partial charge on any atom is -0.453 e. The normalized spacial score (nSPS) is 22.6. The van der Waals surface area contributed by atoms with E-state index in [1.54, 1.807) is 0 Å². The third-order valence-electron chi connectivity index (χ3n) is 5.24. The first-order chi connectivity index (χ1) is 13.0. The van der Waals surface area contributed by atoms with Crippen molar-refractivity contribution in [1.82, 2.24) is 9.80 Å². The second-order valence-electron chi connectivity index (χ2n) is 7.04. The van der Waals surface area contributed by atoms with Crippen molar-refractivity contribution in [1.29, 1.82) is 0 Å². The number of nitrogens with zero attached hydrogens (tertiary/aromatic N) is 2. The average molecular weight is 374 g/mol. The molecule has 0 aromatic heterocycles. The van der Waals surface area contributed by atoms with Gasteiger partial charge in [-0.2, -0.15) is 0 Å². The van der Waals surface area contributed by atoms with Crippen LogP contribution in [0.4, 0.5) is 10.5 Å². The lowest BCUT2D eigenvalue weighted by atomic mass is 10.1. The van der Waals surface area contributed by atoms with Gasteiger partial charge < -0.3 is 15.8 Å². The first-order valence-corrected chi connectivity index (χ1v) is 9.27. The van der Waals surface area contributed by atoms with Crippen molar-refractivity contribution in [2.24, 2.45) is 5.73 Å². The molecule has 2 heterocycles. The zero-order chi connectivity index (χ0) is 19.4. The highest BCUT2D eigenvalue weighted by Crippen LogP contribution is 2.23. The molecule has 2 atom stereocenters. The fourth-order valence-electron chi connectivity index (χ4n) is 3.92. The summed E-state index contributed by atoms with van der Waals surface area (Å²) in [5, 5.41) is 2.89. The molecule has 0 saturated carbocycles. The molecule has 3 rings (SSSR count). The Kier molecular flexibility index (Phi) is 5.95. The van der Waals surface area contributed by atoms with Crippen LogP contribution in [0.2, 0.25) is 0 Å². The maximum atomic E-state index is 12.6. The number of likely N-dealkylation sites (tertiary alicyclic amines) is 2. The molecule has 3 amide bonds. The number of benzene rings is 1. The summed E-state index contributed by atoms with van der Waals surface area (Å²) in [7, 11) is 1.32. The minimum absolute atomic E-state index is 0.216. The number of carbonyl (C=O) groups excluding carboxylic acids is 3. The van der Waals surface area contributed by atoms with Crippen LogP contribution in [0.1, 0.15) is 31.2 Å². The third-order valence-corrected chi connectivity index (χ3v) is 5.24. The Morgan fingerprint density at radius 1 is 1.19 bits per heavy atom. The first-order valence-electron chi connectivity index (χ1n) is 9.27. The number of hydrogen-bond acceptors (Lipinski definition) is 5. The number of ether oxygens (including phenoxy) is 1. The number of rotatable bonds is 5. The Labute approximate surface area is 158 Å². The number of carbonyl (C=O) groups is 3. The molecule has 0 radical (unpaired) electrons. The number of hydrogen-bond donors (Lipinski definition) is 2. The molecular weight excluding hydrogens is 348 g/mol. The van der Waals surface area contributed by atoms with E-state index in [-0.39, 0.29) is 17.9 Å². The topological polar surface area (TPSA) is 105 Å². The molecule has 0 bridgehead atoms. The highest BCUT2D eigenvalue weighted by Gasteiger charge is 2.35. The number of anilines is 1. The molecule has 2 unspecified atom stereocenters. The molecule has 2 aliphatic heterocycles. The molecule has 8 nitrogen and oxygen atoms in total.